The highest BCUT2D eigenvalue weighted by atomic mass is 19.1. The molecule has 3 N–H and O–H groups in total. The Labute approximate surface area is 73.4 Å². The van der Waals surface area contributed by atoms with Crippen LogP contribution in [0.1, 0.15) is 10.4 Å². The van der Waals surface area contributed by atoms with E-state index < -0.39 is 5.91 Å². The summed E-state index contributed by atoms with van der Waals surface area (Å²) < 4.78 is 12.8. The number of fused-ring (bicyclic) bond motifs is 1. The lowest BCUT2D eigenvalue weighted by Crippen LogP contribution is -2.09. The average Bonchev–Trinajstić information content (AvgIpc) is 2.46. The Bertz CT molecular complexity index is 475. The Kier molecular flexibility index (Phi) is 1.55. The van der Waals surface area contributed by atoms with Crippen molar-refractivity contribution in [3.63, 3.8) is 0 Å². The number of rotatable bonds is 1. The van der Waals surface area contributed by atoms with Crippen LogP contribution in [0.3, 0.4) is 0 Å². The molecule has 0 radical (unpaired) electrons. The number of amides is 1. The summed E-state index contributed by atoms with van der Waals surface area (Å²) in [6.07, 6.45) is 1.48. The van der Waals surface area contributed by atoms with Gasteiger partial charge in [0.2, 0.25) is 0 Å². The van der Waals surface area contributed by atoms with E-state index in [0.29, 0.717) is 16.5 Å². The Morgan fingerprint density at radius 2 is 2.23 bits per heavy atom. The summed E-state index contributed by atoms with van der Waals surface area (Å²) in [6, 6.07) is 4.17. The topological polar surface area (TPSA) is 58.9 Å². The van der Waals surface area contributed by atoms with Crippen LogP contribution in [0.15, 0.2) is 24.4 Å². The van der Waals surface area contributed by atoms with Crippen LogP contribution in [0.4, 0.5) is 4.39 Å². The number of carbonyl (C=O) groups excluding carboxylic acids is 1. The minimum atomic E-state index is -0.558. The fourth-order valence-corrected chi connectivity index (χ4v) is 1.30. The van der Waals surface area contributed by atoms with Gasteiger partial charge in [0, 0.05) is 17.1 Å². The molecule has 0 aliphatic heterocycles. The van der Waals surface area contributed by atoms with Gasteiger partial charge in [-0.15, -0.1) is 0 Å². The van der Waals surface area contributed by atoms with E-state index in [4.69, 9.17) is 5.73 Å². The second-order valence-corrected chi connectivity index (χ2v) is 2.76. The smallest absolute Gasteiger partial charge is 0.250 e. The van der Waals surface area contributed by atoms with E-state index in [9.17, 15) is 9.18 Å². The van der Waals surface area contributed by atoms with E-state index >= 15 is 0 Å². The van der Waals surface area contributed by atoms with Gasteiger partial charge in [0.05, 0.1) is 5.56 Å². The average molecular weight is 178 g/mol. The number of hydrogen-bond donors (Lipinski definition) is 2. The van der Waals surface area contributed by atoms with Gasteiger partial charge < -0.3 is 10.7 Å². The number of H-pyrrole nitrogens is 1. The van der Waals surface area contributed by atoms with Gasteiger partial charge in [-0.2, -0.15) is 0 Å². The summed E-state index contributed by atoms with van der Waals surface area (Å²) in [5.41, 5.74) is 6.11. The van der Waals surface area contributed by atoms with E-state index in [-0.39, 0.29) is 5.82 Å². The quantitative estimate of drug-likeness (QED) is 0.681. The van der Waals surface area contributed by atoms with E-state index in [0.717, 1.165) is 0 Å². The summed E-state index contributed by atoms with van der Waals surface area (Å²) in [7, 11) is 0. The summed E-state index contributed by atoms with van der Waals surface area (Å²) in [6.45, 7) is 0. The Morgan fingerprint density at radius 1 is 1.46 bits per heavy atom. The van der Waals surface area contributed by atoms with Crippen LogP contribution >= 0.6 is 0 Å². The molecule has 2 aromatic rings. The molecule has 0 aliphatic rings. The molecule has 0 saturated heterocycles. The van der Waals surface area contributed by atoms with Crippen LogP contribution < -0.4 is 5.73 Å². The number of aromatic nitrogens is 1. The van der Waals surface area contributed by atoms with Crippen molar-refractivity contribution in [2.75, 3.05) is 0 Å². The van der Waals surface area contributed by atoms with E-state index in [1.54, 1.807) is 6.07 Å². The molecule has 0 atom stereocenters. The number of halogens is 1. The molecule has 3 nitrogen and oxygen atoms in total. The molecule has 0 bridgehead atoms. The molecule has 4 heteroatoms. The molecular weight excluding hydrogens is 171 g/mol. The first-order valence-corrected chi connectivity index (χ1v) is 3.75. The maximum Gasteiger partial charge on any atom is 0.250 e. The molecule has 0 aliphatic carbocycles. The number of nitrogens with one attached hydrogen (secondary N) is 1. The van der Waals surface area contributed by atoms with Crippen LogP contribution in [0.2, 0.25) is 0 Å². The van der Waals surface area contributed by atoms with Crippen molar-refractivity contribution >= 4 is 16.8 Å². The van der Waals surface area contributed by atoms with Crippen LogP contribution in [0, 0.1) is 5.82 Å². The van der Waals surface area contributed by atoms with Crippen molar-refractivity contribution in [2.45, 2.75) is 0 Å². The maximum absolute atomic E-state index is 12.8. The first-order valence-electron chi connectivity index (χ1n) is 3.75. The fourth-order valence-electron chi connectivity index (χ4n) is 1.30. The molecule has 13 heavy (non-hydrogen) atoms. The third kappa shape index (κ3) is 1.16. The molecule has 66 valence electrons. The Balaban J connectivity index is 2.79. The van der Waals surface area contributed by atoms with Crippen molar-refractivity contribution < 1.29 is 9.18 Å². The summed E-state index contributed by atoms with van der Waals surface area (Å²) >= 11 is 0. The van der Waals surface area contributed by atoms with E-state index in [1.807, 2.05) is 0 Å². The van der Waals surface area contributed by atoms with Gasteiger partial charge in [-0.05, 0) is 18.2 Å². The minimum Gasteiger partial charge on any atom is -0.366 e. The van der Waals surface area contributed by atoms with Gasteiger partial charge in [0.15, 0.2) is 0 Å². The number of aromatic amines is 1. The fraction of sp³-hybridized carbons (Fsp3) is 0. The van der Waals surface area contributed by atoms with Crippen molar-refractivity contribution in [2.24, 2.45) is 5.73 Å². The molecule has 0 fully saturated rings. The lowest BCUT2D eigenvalue weighted by molar-refractivity contribution is 0.100. The highest BCUT2D eigenvalue weighted by molar-refractivity contribution is 6.05. The van der Waals surface area contributed by atoms with Crippen molar-refractivity contribution in [3.05, 3.63) is 35.8 Å². The molecule has 0 spiro atoms. The van der Waals surface area contributed by atoms with Crippen LogP contribution in [-0.4, -0.2) is 10.9 Å². The predicted molar refractivity (Wildman–Crippen MR) is 46.8 cm³/mol. The second kappa shape index (κ2) is 2.58. The van der Waals surface area contributed by atoms with Gasteiger partial charge >= 0.3 is 0 Å². The zero-order chi connectivity index (χ0) is 9.42. The lowest BCUT2D eigenvalue weighted by atomic mass is 10.1. The summed E-state index contributed by atoms with van der Waals surface area (Å²) in [4.78, 5) is 13.7. The molecule has 1 aromatic carbocycles. The number of carbonyl (C=O) groups is 1. The Morgan fingerprint density at radius 3 is 2.92 bits per heavy atom. The highest BCUT2D eigenvalue weighted by Gasteiger charge is 2.08. The molecular formula is C9H7FN2O. The van der Waals surface area contributed by atoms with Crippen molar-refractivity contribution in [3.8, 4) is 0 Å². The summed E-state index contributed by atoms with van der Waals surface area (Å²) in [5.74, 6) is -0.938. The van der Waals surface area contributed by atoms with Crippen molar-refractivity contribution in [1.82, 2.24) is 4.98 Å². The molecule has 0 unspecified atom stereocenters. The van der Waals surface area contributed by atoms with Gasteiger partial charge in [-0.25, -0.2) is 4.39 Å². The SMILES string of the molecule is NC(=O)c1c[nH]c2ccc(F)cc12. The van der Waals surface area contributed by atoms with Crippen molar-refractivity contribution in [1.29, 1.82) is 0 Å². The molecule has 1 amide bonds. The number of nitrogens with two attached hydrogens (primary N) is 1. The third-order valence-electron chi connectivity index (χ3n) is 1.91. The zero-order valence-corrected chi connectivity index (χ0v) is 6.67. The normalized spacial score (nSPS) is 10.5. The molecule has 1 aromatic heterocycles. The maximum atomic E-state index is 12.8. The van der Waals surface area contributed by atoms with Gasteiger partial charge in [-0.3, -0.25) is 4.79 Å². The van der Waals surface area contributed by atoms with Crippen LogP contribution in [0.25, 0.3) is 10.9 Å². The second-order valence-electron chi connectivity index (χ2n) is 2.76. The monoisotopic (exact) mass is 178 g/mol. The largest absolute Gasteiger partial charge is 0.366 e. The number of primary amides is 1. The first kappa shape index (κ1) is 7.79. The van der Waals surface area contributed by atoms with Gasteiger partial charge in [0.1, 0.15) is 5.82 Å². The first-order chi connectivity index (χ1) is 6.18. The van der Waals surface area contributed by atoms with Gasteiger partial charge in [0.25, 0.3) is 5.91 Å². The summed E-state index contributed by atoms with van der Waals surface area (Å²) in [5, 5.41) is 0.521. The standard InChI is InChI=1S/C9H7FN2O/c10-5-1-2-8-6(3-5)7(4-12-8)9(11)13/h1-4,12H,(H2,11,13). The third-order valence-corrected chi connectivity index (χ3v) is 1.91. The predicted octanol–water partition coefficient (Wildman–Crippen LogP) is 1.41. The minimum absolute atomic E-state index is 0.314. The van der Waals surface area contributed by atoms with Crippen LogP contribution in [-0.2, 0) is 0 Å². The lowest BCUT2D eigenvalue weighted by Gasteiger charge is -1.92. The molecule has 0 saturated carbocycles. The highest BCUT2D eigenvalue weighted by Crippen LogP contribution is 2.18. The number of hydrogen-bond acceptors (Lipinski definition) is 1. The zero-order valence-electron chi connectivity index (χ0n) is 6.67. The number of benzene rings is 1. The Hall–Kier alpha value is -1.84. The van der Waals surface area contributed by atoms with E-state index in [2.05, 4.69) is 4.98 Å². The van der Waals surface area contributed by atoms with Gasteiger partial charge in [-0.1, -0.05) is 0 Å². The van der Waals surface area contributed by atoms with Crippen LogP contribution in [0.5, 0.6) is 0 Å². The molecule has 2 rings (SSSR count). The molecule has 1 heterocycles. The van der Waals surface area contributed by atoms with E-state index in [1.165, 1.54) is 18.3 Å².